The predicted octanol–water partition coefficient (Wildman–Crippen LogP) is 3.70. The molecule has 0 fully saturated rings. The number of urea groups is 1. The predicted molar refractivity (Wildman–Crippen MR) is 142 cm³/mol. The molecule has 1 unspecified atom stereocenters. The molecule has 3 amide bonds. The molecule has 0 saturated heterocycles. The van der Waals surface area contributed by atoms with Crippen molar-refractivity contribution in [3.05, 3.63) is 71.9 Å². The van der Waals surface area contributed by atoms with Crippen molar-refractivity contribution >= 4 is 41.3 Å². The minimum atomic E-state index is -1.24. The van der Waals surface area contributed by atoms with Gasteiger partial charge < -0.3 is 25.2 Å². The Kier molecular flexibility index (Phi) is 9.84. The van der Waals surface area contributed by atoms with Crippen molar-refractivity contribution in [2.75, 3.05) is 25.6 Å². The Morgan fingerprint density at radius 2 is 1.89 bits per heavy atom. The van der Waals surface area contributed by atoms with Crippen LogP contribution in [0.4, 0.5) is 24.2 Å². The maximum absolute atomic E-state index is 14.0. The van der Waals surface area contributed by atoms with Gasteiger partial charge >= 0.3 is 12.1 Å². The van der Waals surface area contributed by atoms with E-state index in [1.807, 2.05) is 24.3 Å². The fraction of sp³-hybridized carbons (Fsp3) is 0.346. The molecule has 3 atom stereocenters. The maximum atomic E-state index is 14.0. The van der Waals surface area contributed by atoms with E-state index in [1.165, 1.54) is 24.1 Å². The number of aromatic nitrogens is 1. The lowest BCUT2D eigenvalue weighted by atomic mass is 9.89. The van der Waals surface area contributed by atoms with Gasteiger partial charge in [0, 0.05) is 30.7 Å². The van der Waals surface area contributed by atoms with Gasteiger partial charge in [0.15, 0.2) is 11.6 Å². The van der Waals surface area contributed by atoms with Crippen molar-refractivity contribution in [3.8, 4) is 0 Å². The number of halogens is 2. The number of aliphatic hydroxyl groups excluding tert-OH is 2. The number of nitrogens with one attached hydrogen (secondary N) is 2. The monoisotopic (exact) mass is 548 g/mol. The standard InChI is InChI=1S/C26H30F2N4O5S/c1-26(11-19(34)14-33,32(2)24(35)30-13-18-8-5-9-20(27)23(18)28)21(38)15-37-25(36)31-22-10-16-6-3-4-7-17(16)12-29-22/h3-10,12,19,21,33-34,38H,11,13-15H2,1-2H3,(H,30,35)(H,29,31,36)/t19-,21?,26-/m1/s1. The number of ether oxygens (including phenoxy) is 1. The number of aliphatic hydroxyl groups is 2. The lowest BCUT2D eigenvalue weighted by Gasteiger charge is -2.43. The SMILES string of the molecule is CN(C(=O)NCc1cccc(F)c1F)[C@](C)(C[C@@H](O)CO)C(S)COC(=O)Nc1cc2ccccc2cn1. The molecule has 1 aromatic heterocycles. The van der Waals surface area contributed by atoms with Crippen molar-refractivity contribution in [1.82, 2.24) is 15.2 Å². The normalized spacial score (nSPS) is 14.3. The summed E-state index contributed by atoms with van der Waals surface area (Å²) in [7, 11) is 1.42. The first kappa shape index (κ1) is 29.1. The van der Waals surface area contributed by atoms with E-state index in [4.69, 9.17) is 4.74 Å². The highest BCUT2D eigenvalue weighted by molar-refractivity contribution is 7.81. The third-order valence-electron chi connectivity index (χ3n) is 6.34. The van der Waals surface area contributed by atoms with Crippen LogP contribution in [-0.2, 0) is 11.3 Å². The van der Waals surface area contributed by atoms with Crippen LogP contribution < -0.4 is 10.6 Å². The molecule has 1 heterocycles. The third kappa shape index (κ3) is 7.09. The van der Waals surface area contributed by atoms with E-state index in [0.717, 1.165) is 16.8 Å². The van der Waals surface area contributed by atoms with Crippen molar-refractivity contribution < 1.29 is 33.3 Å². The summed E-state index contributed by atoms with van der Waals surface area (Å²) in [6, 6.07) is 12.1. The largest absolute Gasteiger partial charge is 0.448 e. The summed E-state index contributed by atoms with van der Waals surface area (Å²) in [5.41, 5.74) is -1.29. The van der Waals surface area contributed by atoms with E-state index in [1.54, 1.807) is 19.2 Å². The summed E-state index contributed by atoms with van der Waals surface area (Å²) in [6.45, 7) is 0.459. The van der Waals surface area contributed by atoms with Crippen LogP contribution >= 0.6 is 12.6 Å². The Morgan fingerprint density at radius 1 is 1.18 bits per heavy atom. The summed E-state index contributed by atoms with van der Waals surface area (Å²) >= 11 is 4.53. The van der Waals surface area contributed by atoms with Crippen LogP contribution in [0.1, 0.15) is 18.9 Å². The number of nitrogens with zero attached hydrogens (tertiary/aromatic N) is 2. The van der Waals surface area contributed by atoms with Gasteiger partial charge in [-0.05, 0) is 30.9 Å². The molecule has 0 aliphatic heterocycles. The highest BCUT2D eigenvalue weighted by Crippen LogP contribution is 2.29. The Hall–Kier alpha value is -3.48. The topological polar surface area (TPSA) is 124 Å². The smallest absolute Gasteiger partial charge is 0.412 e. The second-order valence-corrected chi connectivity index (χ2v) is 9.61. The zero-order valence-corrected chi connectivity index (χ0v) is 21.8. The van der Waals surface area contributed by atoms with Crippen LogP contribution in [0.25, 0.3) is 10.8 Å². The quantitative estimate of drug-likeness (QED) is 0.246. The van der Waals surface area contributed by atoms with Crippen LogP contribution in [0.15, 0.2) is 54.7 Å². The average Bonchev–Trinajstić information content (AvgIpc) is 2.91. The molecule has 0 saturated carbocycles. The fourth-order valence-electron chi connectivity index (χ4n) is 3.87. The lowest BCUT2D eigenvalue weighted by Crippen LogP contribution is -2.59. The van der Waals surface area contributed by atoms with Gasteiger partial charge in [0.1, 0.15) is 12.4 Å². The first-order valence-corrected chi connectivity index (χ1v) is 12.3. The fourth-order valence-corrected chi connectivity index (χ4v) is 4.22. The maximum Gasteiger partial charge on any atom is 0.412 e. The highest BCUT2D eigenvalue weighted by atomic mass is 32.1. The van der Waals surface area contributed by atoms with Crippen LogP contribution in [0.3, 0.4) is 0 Å². The Labute approximate surface area is 224 Å². The molecule has 4 N–H and O–H groups in total. The number of hydrogen-bond acceptors (Lipinski definition) is 7. The van der Waals surface area contributed by atoms with E-state index >= 15 is 0 Å². The Morgan fingerprint density at radius 3 is 2.61 bits per heavy atom. The minimum absolute atomic E-state index is 0.0476. The molecule has 0 spiro atoms. The molecule has 0 aliphatic rings. The highest BCUT2D eigenvalue weighted by Gasteiger charge is 2.41. The van der Waals surface area contributed by atoms with Gasteiger partial charge in [0.25, 0.3) is 0 Å². The van der Waals surface area contributed by atoms with Gasteiger partial charge in [-0.2, -0.15) is 12.6 Å². The number of carbonyl (C=O) groups is 2. The van der Waals surface area contributed by atoms with Crippen LogP contribution in [-0.4, -0.2) is 69.4 Å². The molecule has 0 radical (unpaired) electrons. The molecule has 3 rings (SSSR count). The van der Waals surface area contributed by atoms with Gasteiger partial charge in [-0.1, -0.05) is 36.4 Å². The molecule has 0 aliphatic carbocycles. The zero-order chi connectivity index (χ0) is 27.9. The zero-order valence-electron chi connectivity index (χ0n) is 20.9. The summed E-state index contributed by atoms with van der Waals surface area (Å²) < 4.78 is 32.8. The Bertz CT molecular complexity index is 1280. The molecular weight excluding hydrogens is 518 g/mol. The number of benzene rings is 2. The number of hydrogen-bond donors (Lipinski definition) is 5. The molecule has 3 aromatic rings. The second kappa shape index (κ2) is 12.9. The summed E-state index contributed by atoms with van der Waals surface area (Å²) in [5.74, 6) is -1.82. The van der Waals surface area contributed by atoms with Gasteiger partial charge in [0.2, 0.25) is 0 Å². The number of carbonyl (C=O) groups excluding carboxylic acids is 2. The van der Waals surface area contributed by atoms with Gasteiger partial charge in [-0.3, -0.25) is 5.32 Å². The minimum Gasteiger partial charge on any atom is -0.448 e. The van der Waals surface area contributed by atoms with E-state index in [-0.39, 0.29) is 31.0 Å². The molecule has 0 bridgehead atoms. The molecule has 2 aromatic carbocycles. The number of rotatable bonds is 10. The lowest BCUT2D eigenvalue weighted by molar-refractivity contribution is 0.0295. The number of fused-ring (bicyclic) bond motifs is 1. The number of anilines is 1. The summed E-state index contributed by atoms with van der Waals surface area (Å²) in [4.78, 5) is 30.7. The average molecular weight is 549 g/mol. The molecule has 38 heavy (non-hydrogen) atoms. The van der Waals surface area contributed by atoms with Gasteiger partial charge in [-0.15, -0.1) is 0 Å². The van der Waals surface area contributed by atoms with Crippen molar-refractivity contribution in [2.24, 2.45) is 0 Å². The van der Waals surface area contributed by atoms with E-state index in [2.05, 4.69) is 28.2 Å². The van der Waals surface area contributed by atoms with Crippen molar-refractivity contribution in [2.45, 2.75) is 36.8 Å². The van der Waals surface area contributed by atoms with Gasteiger partial charge in [-0.25, -0.2) is 23.4 Å². The summed E-state index contributed by atoms with van der Waals surface area (Å²) in [5, 5.41) is 25.5. The number of thiol groups is 1. The van der Waals surface area contributed by atoms with E-state index in [0.29, 0.717) is 0 Å². The molecule has 12 heteroatoms. The third-order valence-corrected chi connectivity index (χ3v) is 7.05. The van der Waals surface area contributed by atoms with E-state index in [9.17, 15) is 28.6 Å². The molecule has 204 valence electrons. The van der Waals surface area contributed by atoms with Crippen LogP contribution in [0.5, 0.6) is 0 Å². The number of amides is 3. The number of pyridine rings is 1. The van der Waals surface area contributed by atoms with Crippen LogP contribution in [0.2, 0.25) is 0 Å². The molecule has 9 nitrogen and oxygen atoms in total. The van der Waals surface area contributed by atoms with Crippen molar-refractivity contribution in [1.29, 1.82) is 0 Å². The first-order chi connectivity index (χ1) is 18.0. The molecular formula is C26H30F2N4O5S. The summed E-state index contributed by atoms with van der Waals surface area (Å²) in [6.07, 6.45) is -0.511. The Balaban J connectivity index is 1.65. The van der Waals surface area contributed by atoms with Gasteiger partial charge in [0.05, 0.1) is 23.5 Å². The van der Waals surface area contributed by atoms with Crippen molar-refractivity contribution in [3.63, 3.8) is 0 Å². The van der Waals surface area contributed by atoms with E-state index < -0.39 is 47.3 Å². The first-order valence-electron chi connectivity index (χ1n) is 11.7. The van der Waals surface area contributed by atoms with Crippen LogP contribution in [0, 0.1) is 11.6 Å². The second-order valence-electron chi connectivity index (χ2n) is 8.98.